The zero-order chi connectivity index (χ0) is 13.0. The van der Waals surface area contributed by atoms with Gasteiger partial charge in [-0.05, 0) is 13.3 Å². The molecule has 3 unspecified atom stereocenters. The molecule has 3 atom stereocenters. The first-order valence-electron chi connectivity index (χ1n) is 5.63. The largest absolute Gasteiger partial charge is 0.469 e. The first kappa shape index (κ1) is 13.6. The SMILES string of the molecule is COC(=O)C(C)C(C)NC1CCC(=O)NC1=O. The molecular weight excluding hydrogens is 224 g/mol. The molecule has 1 saturated heterocycles. The van der Waals surface area contributed by atoms with E-state index in [9.17, 15) is 14.4 Å². The van der Waals surface area contributed by atoms with Gasteiger partial charge >= 0.3 is 5.97 Å². The summed E-state index contributed by atoms with van der Waals surface area (Å²) in [5.41, 5.74) is 0. The minimum atomic E-state index is -0.421. The zero-order valence-corrected chi connectivity index (χ0v) is 10.3. The maximum atomic E-state index is 11.5. The van der Waals surface area contributed by atoms with Crippen LogP contribution in [0, 0.1) is 5.92 Å². The summed E-state index contributed by atoms with van der Waals surface area (Å²) in [4.78, 5) is 33.8. The molecule has 2 amide bonds. The number of rotatable bonds is 4. The number of hydrogen-bond acceptors (Lipinski definition) is 5. The standard InChI is InChI=1S/C11H18N2O4/c1-6(11(16)17-3)7(2)12-8-4-5-9(14)13-10(8)15/h6-8,12H,4-5H2,1-3H3,(H,13,14,15). The molecule has 1 fully saturated rings. The van der Waals surface area contributed by atoms with Crippen LogP contribution in [0.15, 0.2) is 0 Å². The Morgan fingerprint density at radius 3 is 2.65 bits per heavy atom. The highest BCUT2D eigenvalue weighted by molar-refractivity contribution is 6.00. The van der Waals surface area contributed by atoms with Crippen LogP contribution in [0.5, 0.6) is 0 Å². The monoisotopic (exact) mass is 242 g/mol. The summed E-state index contributed by atoms with van der Waals surface area (Å²) in [5, 5.41) is 5.30. The molecule has 0 aliphatic carbocycles. The highest BCUT2D eigenvalue weighted by Crippen LogP contribution is 2.10. The molecule has 0 aromatic carbocycles. The summed E-state index contributed by atoms with van der Waals surface area (Å²) in [5.74, 6) is -1.24. The molecule has 1 rings (SSSR count). The van der Waals surface area contributed by atoms with Gasteiger partial charge in [0.05, 0.1) is 19.1 Å². The molecule has 17 heavy (non-hydrogen) atoms. The summed E-state index contributed by atoms with van der Waals surface area (Å²) in [7, 11) is 1.33. The van der Waals surface area contributed by atoms with E-state index in [0.29, 0.717) is 12.8 Å². The molecule has 0 bridgehead atoms. The van der Waals surface area contributed by atoms with Gasteiger partial charge in [-0.2, -0.15) is 0 Å². The van der Waals surface area contributed by atoms with Crippen LogP contribution in [0.25, 0.3) is 0 Å². The van der Waals surface area contributed by atoms with E-state index in [1.807, 2.05) is 6.92 Å². The lowest BCUT2D eigenvalue weighted by Gasteiger charge is -2.27. The van der Waals surface area contributed by atoms with Crippen molar-refractivity contribution in [3.8, 4) is 0 Å². The fourth-order valence-corrected chi connectivity index (χ4v) is 1.70. The van der Waals surface area contributed by atoms with Crippen molar-refractivity contribution in [2.75, 3.05) is 7.11 Å². The molecule has 0 spiro atoms. The summed E-state index contributed by atoms with van der Waals surface area (Å²) in [6, 6.07) is -0.610. The van der Waals surface area contributed by atoms with Gasteiger partial charge in [-0.15, -0.1) is 0 Å². The van der Waals surface area contributed by atoms with Crippen LogP contribution in [0.1, 0.15) is 26.7 Å². The predicted molar refractivity (Wildman–Crippen MR) is 59.9 cm³/mol. The van der Waals surface area contributed by atoms with Crippen molar-refractivity contribution in [2.24, 2.45) is 5.92 Å². The highest BCUT2D eigenvalue weighted by atomic mass is 16.5. The van der Waals surface area contributed by atoms with Gasteiger partial charge in [0.1, 0.15) is 0 Å². The quantitative estimate of drug-likeness (QED) is 0.516. The summed E-state index contributed by atoms with van der Waals surface area (Å²) < 4.78 is 4.63. The molecule has 2 N–H and O–H groups in total. The van der Waals surface area contributed by atoms with Crippen LogP contribution >= 0.6 is 0 Å². The Morgan fingerprint density at radius 1 is 1.47 bits per heavy atom. The van der Waals surface area contributed by atoms with Crippen molar-refractivity contribution in [3.05, 3.63) is 0 Å². The molecule has 1 heterocycles. The molecule has 0 aromatic rings. The van der Waals surface area contributed by atoms with Gasteiger partial charge in [0.25, 0.3) is 0 Å². The third kappa shape index (κ3) is 3.52. The van der Waals surface area contributed by atoms with Crippen molar-refractivity contribution in [1.82, 2.24) is 10.6 Å². The van der Waals surface area contributed by atoms with Crippen LogP contribution in [-0.4, -0.2) is 37.0 Å². The summed E-state index contributed by atoms with van der Waals surface area (Å²) >= 11 is 0. The maximum Gasteiger partial charge on any atom is 0.309 e. The van der Waals surface area contributed by atoms with Crippen LogP contribution in [-0.2, 0) is 19.1 Å². The number of imide groups is 1. The Kier molecular flexibility index (Phi) is 4.62. The van der Waals surface area contributed by atoms with E-state index >= 15 is 0 Å². The summed E-state index contributed by atoms with van der Waals surface area (Å²) in [6.45, 7) is 3.54. The first-order valence-corrected chi connectivity index (χ1v) is 5.63. The fourth-order valence-electron chi connectivity index (χ4n) is 1.70. The van der Waals surface area contributed by atoms with Gasteiger partial charge in [0.2, 0.25) is 11.8 Å². The lowest BCUT2D eigenvalue weighted by molar-refractivity contribution is -0.146. The third-order valence-corrected chi connectivity index (χ3v) is 3.03. The lowest BCUT2D eigenvalue weighted by atomic mass is 10.00. The van der Waals surface area contributed by atoms with Crippen molar-refractivity contribution in [1.29, 1.82) is 0 Å². The molecule has 6 heteroatoms. The Labute approximate surface area is 100 Å². The van der Waals surface area contributed by atoms with Crippen molar-refractivity contribution in [2.45, 2.75) is 38.8 Å². The minimum absolute atomic E-state index is 0.189. The van der Waals surface area contributed by atoms with Crippen LogP contribution in [0.4, 0.5) is 0 Å². The van der Waals surface area contributed by atoms with Gasteiger partial charge in [-0.25, -0.2) is 0 Å². The molecule has 96 valence electrons. The van der Waals surface area contributed by atoms with Crippen molar-refractivity contribution in [3.63, 3.8) is 0 Å². The van der Waals surface area contributed by atoms with E-state index < -0.39 is 6.04 Å². The number of carbonyl (C=O) groups excluding carboxylic acids is 3. The average molecular weight is 242 g/mol. The van der Waals surface area contributed by atoms with Gasteiger partial charge in [-0.3, -0.25) is 19.7 Å². The van der Waals surface area contributed by atoms with Gasteiger partial charge < -0.3 is 10.1 Å². The maximum absolute atomic E-state index is 11.5. The molecule has 1 aliphatic rings. The number of hydrogen-bond donors (Lipinski definition) is 2. The number of methoxy groups -OCH3 is 1. The molecular formula is C11H18N2O4. The number of piperidine rings is 1. The number of amides is 2. The van der Waals surface area contributed by atoms with Crippen molar-refractivity contribution >= 4 is 17.8 Å². The summed E-state index contributed by atoms with van der Waals surface area (Å²) in [6.07, 6.45) is 0.783. The second kappa shape index (κ2) is 5.77. The van der Waals surface area contributed by atoms with E-state index in [1.165, 1.54) is 7.11 Å². The van der Waals surface area contributed by atoms with Gasteiger partial charge in [0, 0.05) is 12.5 Å². The van der Waals surface area contributed by atoms with E-state index in [-0.39, 0.29) is 29.7 Å². The molecule has 0 saturated carbocycles. The van der Waals surface area contributed by atoms with E-state index in [4.69, 9.17) is 0 Å². The molecule has 1 aliphatic heterocycles. The first-order chi connectivity index (χ1) is 7.95. The van der Waals surface area contributed by atoms with E-state index in [2.05, 4.69) is 15.4 Å². The Bertz CT molecular complexity index is 329. The van der Waals surface area contributed by atoms with Crippen LogP contribution in [0.3, 0.4) is 0 Å². The average Bonchev–Trinajstić information content (AvgIpc) is 2.30. The molecule has 0 radical (unpaired) electrons. The second-order valence-electron chi connectivity index (χ2n) is 4.27. The number of nitrogens with one attached hydrogen (secondary N) is 2. The Morgan fingerprint density at radius 2 is 2.12 bits per heavy atom. The van der Waals surface area contributed by atoms with Gasteiger partial charge in [-0.1, -0.05) is 6.92 Å². The minimum Gasteiger partial charge on any atom is -0.469 e. The normalized spacial score (nSPS) is 23.8. The van der Waals surface area contributed by atoms with E-state index in [0.717, 1.165) is 0 Å². The fraction of sp³-hybridized carbons (Fsp3) is 0.727. The topological polar surface area (TPSA) is 84.5 Å². The van der Waals surface area contributed by atoms with Crippen LogP contribution in [0.2, 0.25) is 0 Å². The smallest absolute Gasteiger partial charge is 0.309 e. The predicted octanol–water partition coefficient (Wildman–Crippen LogP) is -0.421. The lowest BCUT2D eigenvalue weighted by Crippen LogP contribution is -2.54. The second-order valence-corrected chi connectivity index (χ2v) is 4.27. The molecule has 6 nitrogen and oxygen atoms in total. The Hall–Kier alpha value is -1.43. The number of carbonyl (C=O) groups is 3. The molecule has 0 aromatic heterocycles. The zero-order valence-electron chi connectivity index (χ0n) is 10.3. The van der Waals surface area contributed by atoms with Crippen LogP contribution < -0.4 is 10.6 Å². The van der Waals surface area contributed by atoms with Crippen molar-refractivity contribution < 1.29 is 19.1 Å². The third-order valence-electron chi connectivity index (χ3n) is 3.03. The Balaban J connectivity index is 2.51. The number of ether oxygens (including phenoxy) is 1. The van der Waals surface area contributed by atoms with Gasteiger partial charge in [0.15, 0.2) is 0 Å². The highest BCUT2D eigenvalue weighted by Gasteiger charge is 2.30. The number of esters is 1. The van der Waals surface area contributed by atoms with E-state index in [1.54, 1.807) is 6.92 Å².